The van der Waals surface area contributed by atoms with E-state index in [0.29, 0.717) is 0 Å². The fraction of sp³-hybridized carbons (Fsp3) is 0.0149. The Kier molecular flexibility index (Phi) is 9.33. The highest BCUT2D eigenvalue weighted by Crippen LogP contribution is 2.65. The molecule has 0 bridgehead atoms. The Labute approximate surface area is 412 Å². The van der Waals surface area contributed by atoms with Crippen LogP contribution in [0, 0.1) is 0 Å². The molecule has 1 spiro atoms. The fourth-order valence-electron chi connectivity index (χ4n) is 11.8. The maximum Gasteiger partial charge on any atom is 0.0755 e. The molecule has 0 radical (unpaired) electrons. The third kappa shape index (κ3) is 6.05. The van der Waals surface area contributed by atoms with Gasteiger partial charge in [-0.3, -0.25) is 0 Å². The maximum absolute atomic E-state index is 2.53. The van der Waals surface area contributed by atoms with Crippen LogP contribution in [0.2, 0.25) is 0 Å². The minimum absolute atomic E-state index is 0.595. The first-order valence-corrected chi connectivity index (χ1v) is 24.9. The molecule has 0 amide bonds. The summed E-state index contributed by atoms with van der Waals surface area (Å²) in [6.07, 6.45) is 0. The van der Waals surface area contributed by atoms with E-state index in [4.69, 9.17) is 0 Å². The topological polar surface area (TPSA) is 6.48 Å². The lowest BCUT2D eigenvalue weighted by Gasteiger charge is -2.45. The number of anilines is 6. The molecule has 0 unspecified atom stereocenters. The maximum atomic E-state index is 2.53. The van der Waals surface area contributed by atoms with E-state index in [0.717, 1.165) is 33.9 Å². The number of hydrogen-bond donors (Lipinski definition) is 0. The van der Waals surface area contributed by atoms with Crippen molar-refractivity contribution < 1.29 is 0 Å². The average Bonchev–Trinajstić information content (AvgIpc) is 3.97. The predicted octanol–water partition coefficient (Wildman–Crippen LogP) is 18.7. The van der Waals surface area contributed by atoms with Crippen molar-refractivity contribution in [3.05, 3.63) is 289 Å². The van der Waals surface area contributed by atoms with Crippen LogP contribution < -0.4 is 9.80 Å². The predicted molar refractivity (Wildman–Crippen MR) is 296 cm³/mol. The summed E-state index contributed by atoms with van der Waals surface area (Å²) in [5.74, 6) is 0. The highest BCUT2D eigenvalue weighted by atomic mass is 32.1. The van der Waals surface area contributed by atoms with E-state index >= 15 is 0 Å². The lowest BCUT2D eigenvalue weighted by Crippen LogP contribution is -2.36. The molecule has 0 saturated carbocycles. The molecule has 2 aliphatic rings. The smallest absolute Gasteiger partial charge is 0.0755 e. The van der Waals surface area contributed by atoms with E-state index < -0.39 is 5.41 Å². The molecule has 0 saturated heterocycles. The van der Waals surface area contributed by atoms with Gasteiger partial charge in [-0.15, -0.1) is 11.3 Å². The van der Waals surface area contributed by atoms with Crippen LogP contribution >= 0.6 is 11.3 Å². The lowest BCUT2D eigenvalue weighted by atomic mass is 9.64. The molecule has 12 aromatic rings. The van der Waals surface area contributed by atoms with Gasteiger partial charge in [0.2, 0.25) is 0 Å². The Bertz CT molecular complexity index is 3920. The number of nitrogens with zero attached hydrogens (tertiary/aromatic N) is 2. The summed E-state index contributed by atoms with van der Waals surface area (Å²) < 4.78 is 2.63. The molecule has 2 nitrogen and oxygen atoms in total. The van der Waals surface area contributed by atoms with Gasteiger partial charge < -0.3 is 9.80 Å². The second-order valence-corrected chi connectivity index (χ2v) is 19.4. The van der Waals surface area contributed by atoms with E-state index in [1.165, 1.54) is 87.2 Å². The van der Waals surface area contributed by atoms with Crippen LogP contribution in [-0.2, 0) is 5.41 Å². The van der Waals surface area contributed by atoms with Crippen molar-refractivity contribution in [2.45, 2.75) is 5.41 Å². The van der Waals surface area contributed by atoms with Gasteiger partial charge in [-0.2, -0.15) is 0 Å². The zero-order valence-electron chi connectivity index (χ0n) is 38.2. The molecule has 70 heavy (non-hydrogen) atoms. The molecule has 0 atom stereocenters. The van der Waals surface area contributed by atoms with Gasteiger partial charge in [0, 0.05) is 42.7 Å². The number of fused-ring (bicyclic) bond motifs is 12. The van der Waals surface area contributed by atoms with Crippen molar-refractivity contribution in [2.24, 2.45) is 0 Å². The van der Waals surface area contributed by atoms with Crippen LogP contribution in [0.1, 0.15) is 22.3 Å². The first-order chi connectivity index (χ1) is 34.8. The largest absolute Gasteiger partial charge is 0.310 e. The Balaban J connectivity index is 1.02. The average molecular weight is 909 g/mol. The van der Waals surface area contributed by atoms with Crippen LogP contribution in [0.4, 0.5) is 34.1 Å². The van der Waals surface area contributed by atoms with Crippen LogP contribution in [0.3, 0.4) is 0 Å². The summed E-state index contributed by atoms with van der Waals surface area (Å²) in [7, 11) is 0. The fourth-order valence-corrected chi connectivity index (χ4v) is 13.0. The van der Waals surface area contributed by atoms with Crippen LogP contribution in [0.15, 0.2) is 267 Å². The molecule has 328 valence electrons. The summed E-state index contributed by atoms with van der Waals surface area (Å²) in [6, 6.07) is 98.6. The normalized spacial score (nSPS) is 12.9. The standard InChI is InChI=1S/C67H44N2S/c1-3-20-45(21-4-1)47-22-17-23-48(44-47)51-26-8-13-35-60(51)68(50-42-40-46(41-43-50)52-29-18-30-54-53-27-9-16-39-64(53)70-66(52)54)63-38-19-34-59-65(63)55-28-7-10-31-56(55)67(59)57-32-11-14-36-61(57)69(49-24-5-2-6-25-49)62-37-15-12-33-58(62)67/h1-44H. The van der Waals surface area contributed by atoms with Crippen molar-refractivity contribution in [3.63, 3.8) is 0 Å². The summed E-state index contributed by atoms with van der Waals surface area (Å²) in [6.45, 7) is 0. The van der Waals surface area contributed by atoms with Gasteiger partial charge in [0.15, 0.2) is 0 Å². The number of benzene rings is 11. The SMILES string of the molecule is c1ccc(-c2cccc(-c3ccccc3N(c3ccc(-c4cccc5c4sc4ccccc45)cc3)c3cccc4c3-c3ccccc3C43c4ccccc4N(c4ccccc4)c4ccccc43)c2)cc1. The molecule has 11 aromatic carbocycles. The Morgan fingerprint density at radius 3 is 1.67 bits per heavy atom. The molecule has 14 rings (SSSR count). The van der Waals surface area contributed by atoms with Crippen molar-refractivity contribution in [1.29, 1.82) is 0 Å². The quantitative estimate of drug-likeness (QED) is 0.157. The number of hydrogen-bond acceptors (Lipinski definition) is 3. The molecular weight excluding hydrogens is 865 g/mol. The first kappa shape index (κ1) is 40.3. The summed E-state index contributed by atoms with van der Waals surface area (Å²) >= 11 is 1.88. The van der Waals surface area contributed by atoms with Crippen LogP contribution in [0.5, 0.6) is 0 Å². The lowest BCUT2D eigenvalue weighted by molar-refractivity contribution is 0.752. The summed E-state index contributed by atoms with van der Waals surface area (Å²) in [4.78, 5) is 4.98. The van der Waals surface area contributed by atoms with E-state index in [1.54, 1.807) is 0 Å². The monoisotopic (exact) mass is 908 g/mol. The Morgan fingerprint density at radius 1 is 0.343 bits per heavy atom. The number of para-hydroxylation sites is 4. The zero-order valence-corrected chi connectivity index (χ0v) is 39.0. The van der Waals surface area contributed by atoms with Crippen molar-refractivity contribution >= 4 is 65.6 Å². The second kappa shape index (κ2) is 16.2. The van der Waals surface area contributed by atoms with Crippen LogP contribution in [0.25, 0.3) is 64.7 Å². The highest BCUT2D eigenvalue weighted by Gasteiger charge is 2.52. The van der Waals surface area contributed by atoms with E-state index in [1.807, 2.05) is 11.3 Å². The second-order valence-electron chi connectivity index (χ2n) is 18.3. The van der Waals surface area contributed by atoms with E-state index in [-0.39, 0.29) is 0 Å². The third-order valence-electron chi connectivity index (χ3n) is 14.7. The van der Waals surface area contributed by atoms with Crippen molar-refractivity contribution in [2.75, 3.05) is 9.80 Å². The van der Waals surface area contributed by atoms with Crippen molar-refractivity contribution in [3.8, 4) is 44.5 Å². The molecule has 3 heteroatoms. The minimum Gasteiger partial charge on any atom is -0.310 e. The van der Waals surface area contributed by atoms with Crippen LogP contribution in [-0.4, -0.2) is 0 Å². The summed E-state index contributed by atoms with van der Waals surface area (Å²) in [5, 5.41) is 2.62. The molecule has 0 N–H and O–H groups in total. The first-order valence-electron chi connectivity index (χ1n) is 24.1. The van der Waals surface area contributed by atoms with Gasteiger partial charge in [-0.1, -0.05) is 206 Å². The molecular formula is C67H44N2S. The molecule has 1 aliphatic heterocycles. The Hall–Kier alpha value is -8.76. The van der Waals surface area contributed by atoms with Gasteiger partial charge >= 0.3 is 0 Å². The minimum atomic E-state index is -0.595. The van der Waals surface area contributed by atoms with Gasteiger partial charge in [-0.05, 0) is 116 Å². The van der Waals surface area contributed by atoms with E-state index in [2.05, 4.69) is 277 Å². The van der Waals surface area contributed by atoms with Crippen molar-refractivity contribution in [1.82, 2.24) is 0 Å². The third-order valence-corrected chi connectivity index (χ3v) is 15.9. The number of thiophene rings is 1. The van der Waals surface area contributed by atoms with Gasteiger partial charge in [0.1, 0.15) is 0 Å². The summed E-state index contributed by atoms with van der Waals surface area (Å²) in [5.41, 5.74) is 21.0. The van der Waals surface area contributed by atoms with E-state index in [9.17, 15) is 0 Å². The van der Waals surface area contributed by atoms with Gasteiger partial charge in [0.05, 0.1) is 28.2 Å². The molecule has 1 aliphatic carbocycles. The highest BCUT2D eigenvalue weighted by molar-refractivity contribution is 7.26. The van der Waals surface area contributed by atoms with Gasteiger partial charge in [-0.25, -0.2) is 0 Å². The Morgan fingerprint density at radius 2 is 0.886 bits per heavy atom. The molecule has 0 fully saturated rings. The molecule has 2 heterocycles. The number of rotatable bonds is 7. The molecule has 1 aromatic heterocycles. The zero-order chi connectivity index (χ0) is 46.2. The van der Waals surface area contributed by atoms with Gasteiger partial charge in [0.25, 0.3) is 0 Å².